The van der Waals surface area contributed by atoms with Gasteiger partial charge in [0.05, 0.1) is 125 Å². The molecule has 0 saturated carbocycles. The summed E-state index contributed by atoms with van der Waals surface area (Å²) in [7, 11) is 0. The van der Waals surface area contributed by atoms with Crippen LogP contribution in [0.2, 0.25) is 0 Å². The molecule has 0 aromatic heterocycles. The van der Waals surface area contributed by atoms with Crippen LogP contribution in [-0.4, -0.2) is 189 Å². The molecule has 4 fully saturated rings. The van der Waals surface area contributed by atoms with Gasteiger partial charge in [-0.2, -0.15) is 0 Å². The first kappa shape index (κ1) is 38.2. The van der Waals surface area contributed by atoms with Gasteiger partial charge >= 0.3 is 0 Å². The zero-order valence-electron chi connectivity index (χ0n) is 27.9. The molecule has 270 valence electrons. The standard InChI is InChI=1S/C32H59NO13/c1-3-31(21-39-11-27-15-43-27,22-40-12-28-16-44-28)19-37-9-25(35)7-33(5-6-34)8-26(36)10-38-20-32(4-2,23-41-13-29-17-45-29)24-42-14-30-18-46-30/h25-30,34-36H,3-24H2,1-2H3. The van der Waals surface area contributed by atoms with Crippen molar-refractivity contribution in [1.82, 2.24) is 4.90 Å². The van der Waals surface area contributed by atoms with Gasteiger partial charge in [0.2, 0.25) is 0 Å². The summed E-state index contributed by atoms with van der Waals surface area (Å²) >= 11 is 0. The summed E-state index contributed by atoms with van der Waals surface area (Å²) < 4.78 is 56.8. The Kier molecular flexibility index (Phi) is 16.8. The third-order valence-corrected chi connectivity index (χ3v) is 8.75. The van der Waals surface area contributed by atoms with Gasteiger partial charge in [-0.25, -0.2) is 0 Å². The molecule has 14 heteroatoms. The van der Waals surface area contributed by atoms with E-state index in [2.05, 4.69) is 13.8 Å². The van der Waals surface area contributed by atoms with Crippen LogP contribution in [0.25, 0.3) is 0 Å². The lowest BCUT2D eigenvalue weighted by Crippen LogP contribution is -2.44. The SMILES string of the molecule is CCC(COCC(O)CN(CCO)CC(O)COCC(CC)(COCC1CO1)COCC1CO1)(COCC1CO1)COCC1CO1. The quantitative estimate of drug-likeness (QED) is 0.0786. The lowest BCUT2D eigenvalue weighted by Gasteiger charge is -2.33. The van der Waals surface area contributed by atoms with Gasteiger partial charge in [0.25, 0.3) is 0 Å². The van der Waals surface area contributed by atoms with E-state index >= 15 is 0 Å². The fourth-order valence-corrected chi connectivity index (χ4v) is 5.07. The number of epoxide rings is 4. The predicted molar refractivity (Wildman–Crippen MR) is 165 cm³/mol. The molecule has 0 aliphatic carbocycles. The second-order valence-corrected chi connectivity index (χ2v) is 13.4. The Labute approximate surface area is 273 Å². The Morgan fingerprint density at radius 3 is 1.15 bits per heavy atom. The number of ether oxygens (including phenoxy) is 10. The summed E-state index contributed by atoms with van der Waals surface area (Å²) in [6.07, 6.45) is 0.631. The first-order valence-corrected chi connectivity index (χ1v) is 17.0. The van der Waals surface area contributed by atoms with Crippen LogP contribution < -0.4 is 0 Å². The molecule has 4 heterocycles. The minimum absolute atomic E-state index is 0.102. The van der Waals surface area contributed by atoms with Crippen LogP contribution in [0.15, 0.2) is 0 Å². The third-order valence-electron chi connectivity index (χ3n) is 8.75. The lowest BCUT2D eigenvalue weighted by molar-refractivity contribution is -0.0929. The maximum absolute atomic E-state index is 10.8. The van der Waals surface area contributed by atoms with Crippen LogP contribution in [-0.2, 0) is 47.4 Å². The number of aliphatic hydroxyl groups is 3. The van der Waals surface area contributed by atoms with Crippen molar-refractivity contribution in [1.29, 1.82) is 0 Å². The molecule has 14 nitrogen and oxygen atoms in total. The number of hydrogen-bond donors (Lipinski definition) is 3. The smallest absolute Gasteiger partial charge is 0.104 e. The van der Waals surface area contributed by atoms with Crippen molar-refractivity contribution in [2.24, 2.45) is 10.8 Å². The molecule has 0 bridgehead atoms. The summed E-state index contributed by atoms with van der Waals surface area (Å²) in [5.41, 5.74) is -0.716. The zero-order valence-corrected chi connectivity index (χ0v) is 27.9. The largest absolute Gasteiger partial charge is 0.395 e. The van der Waals surface area contributed by atoms with Crippen LogP contribution in [0.4, 0.5) is 0 Å². The summed E-state index contributed by atoms with van der Waals surface area (Å²) in [5.74, 6) is 0. The Morgan fingerprint density at radius 2 is 0.891 bits per heavy atom. The highest BCUT2D eigenvalue weighted by molar-refractivity contribution is 4.82. The van der Waals surface area contributed by atoms with E-state index in [0.29, 0.717) is 72.6 Å². The summed E-state index contributed by atoms with van der Waals surface area (Å²) in [5, 5.41) is 31.3. The van der Waals surface area contributed by atoms with Gasteiger partial charge in [0.1, 0.15) is 24.4 Å². The molecular formula is C32H59NO13. The Morgan fingerprint density at radius 1 is 0.587 bits per heavy atom. The Hall–Kier alpha value is -0.560. The molecule has 46 heavy (non-hydrogen) atoms. The summed E-state index contributed by atoms with van der Waals surface area (Å²) in [6, 6.07) is 0. The van der Waals surface area contributed by atoms with Crippen molar-refractivity contribution in [2.75, 3.05) is 132 Å². The number of rotatable bonds is 32. The van der Waals surface area contributed by atoms with Crippen LogP contribution in [0, 0.1) is 10.8 Å². The van der Waals surface area contributed by atoms with E-state index in [1.807, 2.05) is 4.90 Å². The van der Waals surface area contributed by atoms with Crippen molar-refractivity contribution in [3.05, 3.63) is 0 Å². The van der Waals surface area contributed by atoms with E-state index in [1.54, 1.807) is 0 Å². The average Bonchev–Trinajstić information content (AvgIpc) is 3.84. The molecule has 4 aliphatic rings. The highest BCUT2D eigenvalue weighted by Crippen LogP contribution is 2.27. The van der Waals surface area contributed by atoms with Gasteiger partial charge in [0.15, 0.2) is 0 Å². The average molecular weight is 666 g/mol. The summed E-state index contributed by atoms with van der Waals surface area (Å²) in [4.78, 5) is 1.82. The van der Waals surface area contributed by atoms with E-state index in [4.69, 9.17) is 47.4 Å². The molecule has 4 rings (SSSR count). The van der Waals surface area contributed by atoms with Crippen LogP contribution in [0.3, 0.4) is 0 Å². The zero-order chi connectivity index (χ0) is 32.7. The predicted octanol–water partition coefficient (Wildman–Crippen LogP) is -0.510. The molecule has 6 atom stereocenters. The van der Waals surface area contributed by atoms with E-state index < -0.39 is 12.2 Å². The van der Waals surface area contributed by atoms with Crippen LogP contribution in [0.5, 0.6) is 0 Å². The van der Waals surface area contributed by atoms with Gasteiger partial charge in [-0.05, 0) is 12.8 Å². The molecular weight excluding hydrogens is 606 g/mol. The van der Waals surface area contributed by atoms with E-state index in [9.17, 15) is 15.3 Å². The van der Waals surface area contributed by atoms with Crippen LogP contribution >= 0.6 is 0 Å². The molecule has 0 amide bonds. The highest BCUT2D eigenvalue weighted by atomic mass is 16.6. The summed E-state index contributed by atoms with van der Waals surface area (Å²) in [6.45, 7) is 12.7. The van der Waals surface area contributed by atoms with Gasteiger partial charge < -0.3 is 62.7 Å². The maximum atomic E-state index is 10.8. The second kappa shape index (κ2) is 20.2. The van der Waals surface area contributed by atoms with E-state index in [0.717, 1.165) is 39.3 Å². The molecule has 6 unspecified atom stereocenters. The minimum atomic E-state index is -0.816. The molecule has 3 N–H and O–H groups in total. The first-order valence-electron chi connectivity index (χ1n) is 17.0. The monoisotopic (exact) mass is 665 g/mol. The fourth-order valence-electron chi connectivity index (χ4n) is 5.07. The van der Waals surface area contributed by atoms with Gasteiger partial charge in [-0.15, -0.1) is 0 Å². The molecule has 0 spiro atoms. The van der Waals surface area contributed by atoms with Crippen LogP contribution in [0.1, 0.15) is 26.7 Å². The van der Waals surface area contributed by atoms with E-state index in [1.165, 1.54) is 0 Å². The van der Waals surface area contributed by atoms with Crippen molar-refractivity contribution in [3.63, 3.8) is 0 Å². The first-order chi connectivity index (χ1) is 22.4. The number of aliphatic hydroxyl groups excluding tert-OH is 3. The normalized spacial score (nSPS) is 27.3. The lowest BCUT2D eigenvalue weighted by atomic mass is 9.88. The number of hydrogen-bond acceptors (Lipinski definition) is 14. The second-order valence-electron chi connectivity index (χ2n) is 13.4. The van der Waals surface area contributed by atoms with Crippen molar-refractivity contribution in [2.45, 2.75) is 63.3 Å². The fraction of sp³-hybridized carbons (Fsp3) is 1.00. The Bertz CT molecular complexity index is 711. The number of nitrogens with zero attached hydrogens (tertiary/aromatic N) is 1. The van der Waals surface area contributed by atoms with Crippen molar-refractivity contribution >= 4 is 0 Å². The molecule has 0 aromatic rings. The van der Waals surface area contributed by atoms with Gasteiger partial charge in [-0.1, -0.05) is 13.8 Å². The Balaban J connectivity index is 1.16. The molecule has 4 aliphatic heterocycles. The van der Waals surface area contributed by atoms with Gasteiger partial charge in [-0.3, -0.25) is 4.90 Å². The van der Waals surface area contributed by atoms with E-state index in [-0.39, 0.29) is 68.2 Å². The van der Waals surface area contributed by atoms with Crippen molar-refractivity contribution in [3.8, 4) is 0 Å². The minimum Gasteiger partial charge on any atom is -0.395 e. The third kappa shape index (κ3) is 15.8. The highest BCUT2D eigenvalue weighted by Gasteiger charge is 2.35. The topological polar surface area (TPSA) is 169 Å². The maximum Gasteiger partial charge on any atom is 0.104 e. The molecule has 0 aromatic carbocycles. The molecule has 4 saturated heterocycles. The van der Waals surface area contributed by atoms with Gasteiger partial charge in [0, 0.05) is 30.5 Å². The van der Waals surface area contributed by atoms with Crippen molar-refractivity contribution < 1.29 is 62.7 Å². The molecule has 0 radical (unpaired) electrons.